The van der Waals surface area contributed by atoms with Gasteiger partial charge in [-0.2, -0.15) is 4.31 Å². The smallest absolute Gasteiger partial charge is 0.243 e. The number of amides is 1. The van der Waals surface area contributed by atoms with Crippen LogP contribution in [-0.4, -0.2) is 38.3 Å². The average molecular weight is 368 g/mol. The van der Waals surface area contributed by atoms with Crippen LogP contribution >= 0.6 is 0 Å². The van der Waals surface area contributed by atoms with Crippen molar-refractivity contribution in [2.75, 3.05) is 19.7 Å². The van der Waals surface area contributed by atoms with E-state index in [-0.39, 0.29) is 22.1 Å². The lowest BCUT2D eigenvalue weighted by Gasteiger charge is -2.30. The van der Waals surface area contributed by atoms with Crippen LogP contribution in [-0.2, 0) is 20.2 Å². The van der Waals surface area contributed by atoms with Crippen LogP contribution in [0, 0.1) is 5.92 Å². The van der Waals surface area contributed by atoms with Crippen molar-refractivity contribution in [3.05, 3.63) is 23.8 Å². The molecule has 0 saturated carbocycles. The van der Waals surface area contributed by atoms with Gasteiger partial charge in [-0.15, -0.1) is 0 Å². The molecule has 2 rings (SSSR count). The maximum Gasteiger partial charge on any atom is 0.243 e. The van der Waals surface area contributed by atoms with Crippen molar-refractivity contribution in [3.8, 4) is 5.75 Å². The molecule has 2 N–H and O–H groups in total. The molecule has 1 saturated heterocycles. The van der Waals surface area contributed by atoms with E-state index in [1.54, 1.807) is 18.2 Å². The molecule has 6 nitrogen and oxygen atoms in total. The molecule has 7 heteroatoms. The number of benzene rings is 1. The quantitative estimate of drug-likeness (QED) is 0.863. The summed E-state index contributed by atoms with van der Waals surface area (Å²) >= 11 is 0. The maximum atomic E-state index is 13.0. The molecule has 1 heterocycles. The molecule has 25 heavy (non-hydrogen) atoms. The highest BCUT2D eigenvalue weighted by atomic mass is 32.2. The van der Waals surface area contributed by atoms with Crippen LogP contribution in [0.3, 0.4) is 0 Å². The summed E-state index contributed by atoms with van der Waals surface area (Å²) in [6.45, 7) is 9.14. The Hall–Kier alpha value is -1.60. The Bertz CT molecular complexity index is 730. The van der Waals surface area contributed by atoms with Gasteiger partial charge in [0.05, 0.1) is 11.5 Å². The van der Waals surface area contributed by atoms with Crippen molar-refractivity contribution in [3.63, 3.8) is 0 Å². The van der Waals surface area contributed by atoms with E-state index >= 15 is 0 Å². The number of carbonyl (C=O) groups excluding carboxylic acids is 1. The summed E-state index contributed by atoms with van der Waals surface area (Å²) in [7, 11) is -3.60. The molecule has 1 amide bonds. The Labute approximate surface area is 150 Å². The van der Waals surface area contributed by atoms with Crippen LogP contribution in [0.15, 0.2) is 23.1 Å². The molecule has 1 fully saturated rings. The molecule has 140 valence electrons. The van der Waals surface area contributed by atoms with Crippen LogP contribution in [0.25, 0.3) is 0 Å². The number of nitrogens with zero attached hydrogens (tertiary/aromatic N) is 1. The molecule has 0 radical (unpaired) electrons. The summed E-state index contributed by atoms with van der Waals surface area (Å²) in [5.74, 6) is 0.117. The van der Waals surface area contributed by atoms with E-state index in [1.165, 1.54) is 4.31 Å². The van der Waals surface area contributed by atoms with Crippen molar-refractivity contribution < 1.29 is 17.9 Å². The topological polar surface area (TPSA) is 89.7 Å². The van der Waals surface area contributed by atoms with Gasteiger partial charge >= 0.3 is 0 Å². The molecule has 1 aliphatic rings. The average Bonchev–Trinajstić information content (AvgIpc) is 2.54. The third kappa shape index (κ3) is 4.33. The first-order valence-electron chi connectivity index (χ1n) is 8.64. The van der Waals surface area contributed by atoms with E-state index in [2.05, 4.69) is 0 Å². The molecule has 0 unspecified atom stereocenters. The van der Waals surface area contributed by atoms with Gasteiger partial charge in [-0.3, -0.25) is 4.79 Å². The third-order valence-electron chi connectivity index (χ3n) is 4.55. The molecular weight excluding hydrogens is 340 g/mol. The number of piperidine rings is 1. The first-order chi connectivity index (χ1) is 11.6. The van der Waals surface area contributed by atoms with Crippen molar-refractivity contribution in [2.24, 2.45) is 11.7 Å². The second-order valence-corrected chi connectivity index (χ2v) is 9.36. The summed E-state index contributed by atoms with van der Waals surface area (Å²) in [5, 5.41) is 0. The van der Waals surface area contributed by atoms with E-state index in [0.717, 1.165) is 5.56 Å². The second kappa shape index (κ2) is 7.33. The van der Waals surface area contributed by atoms with Crippen LogP contribution in [0.4, 0.5) is 0 Å². The van der Waals surface area contributed by atoms with Gasteiger partial charge in [-0.1, -0.05) is 20.8 Å². The number of sulfonamides is 1. The fourth-order valence-corrected chi connectivity index (χ4v) is 4.56. The zero-order valence-corrected chi connectivity index (χ0v) is 16.2. The SMILES string of the molecule is CCOc1ccc(S(=O)(=O)N2CCC(C(N)=O)CC2)cc1C(C)(C)C. The minimum Gasteiger partial charge on any atom is -0.494 e. The highest BCUT2D eigenvalue weighted by Crippen LogP contribution is 2.34. The summed E-state index contributed by atoms with van der Waals surface area (Å²) in [5.41, 5.74) is 5.95. The van der Waals surface area contributed by atoms with Gasteiger partial charge in [-0.25, -0.2) is 8.42 Å². The number of primary amides is 1. The number of rotatable bonds is 5. The zero-order valence-electron chi connectivity index (χ0n) is 15.4. The van der Waals surface area contributed by atoms with Gasteiger partial charge in [0, 0.05) is 24.6 Å². The molecular formula is C18H28N2O4S. The van der Waals surface area contributed by atoms with Gasteiger partial charge in [-0.05, 0) is 43.4 Å². The van der Waals surface area contributed by atoms with E-state index < -0.39 is 10.0 Å². The predicted octanol–water partition coefficient (Wildman–Crippen LogP) is 2.27. The second-order valence-electron chi connectivity index (χ2n) is 7.42. The number of hydrogen-bond donors (Lipinski definition) is 1. The molecule has 0 atom stereocenters. The number of nitrogens with two attached hydrogens (primary N) is 1. The number of carbonyl (C=O) groups is 1. The molecule has 0 bridgehead atoms. The van der Waals surface area contributed by atoms with Crippen molar-refractivity contribution in [2.45, 2.75) is 50.8 Å². The first kappa shape index (κ1) is 19.7. The normalized spacial score (nSPS) is 17.4. The van der Waals surface area contributed by atoms with Gasteiger partial charge in [0.25, 0.3) is 0 Å². The monoisotopic (exact) mass is 368 g/mol. The minimum atomic E-state index is -3.60. The Morgan fingerprint density at radius 3 is 2.36 bits per heavy atom. The van der Waals surface area contributed by atoms with Crippen molar-refractivity contribution >= 4 is 15.9 Å². The van der Waals surface area contributed by atoms with E-state index in [1.807, 2.05) is 27.7 Å². The van der Waals surface area contributed by atoms with E-state index in [9.17, 15) is 13.2 Å². The molecule has 1 aromatic carbocycles. The van der Waals surface area contributed by atoms with E-state index in [4.69, 9.17) is 10.5 Å². The summed E-state index contributed by atoms with van der Waals surface area (Å²) < 4.78 is 33.1. The highest BCUT2D eigenvalue weighted by molar-refractivity contribution is 7.89. The fourth-order valence-electron chi connectivity index (χ4n) is 3.07. The van der Waals surface area contributed by atoms with Crippen LogP contribution in [0.1, 0.15) is 46.1 Å². The van der Waals surface area contributed by atoms with Gasteiger partial charge in [0.15, 0.2) is 0 Å². The summed E-state index contributed by atoms with van der Waals surface area (Å²) in [4.78, 5) is 11.5. The van der Waals surface area contributed by atoms with Crippen molar-refractivity contribution in [1.29, 1.82) is 0 Å². The van der Waals surface area contributed by atoms with Crippen molar-refractivity contribution in [1.82, 2.24) is 4.31 Å². The summed E-state index contributed by atoms with van der Waals surface area (Å²) in [6, 6.07) is 5.03. The van der Waals surface area contributed by atoms with Gasteiger partial charge < -0.3 is 10.5 Å². The van der Waals surface area contributed by atoms with Crippen LogP contribution in [0.5, 0.6) is 5.75 Å². The molecule has 0 aliphatic carbocycles. The Balaban J connectivity index is 2.32. The minimum absolute atomic E-state index is 0.239. The Morgan fingerprint density at radius 1 is 1.28 bits per heavy atom. The maximum absolute atomic E-state index is 13.0. The number of ether oxygens (including phenoxy) is 1. The molecule has 1 aliphatic heterocycles. The molecule has 0 spiro atoms. The first-order valence-corrected chi connectivity index (χ1v) is 10.1. The molecule has 1 aromatic rings. The lowest BCUT2D eigenvalue weighted by Crippen LogP contribution is -2.41. The molecule has 0 aromatic heterocycles. The Kier molecular flexibility index (Phi) is 5.79. The standard InChI is InChI=1S/C18H28N2O4S/c1-5-24-16-7-6-14(12-15(16)18(2,3)4)25(22,23)20-10-8-13(9-11-20)17(19)21/h6-7,12-13H,5,8-11H2,1-4H3,(H2,19,21). The lowest BCUT2D eigenvalue weighted by molar-refractivity contribution is -0.122. The fraction of sp³-hybridized carbons (Fsp3) is 0.611. The van der Waals surface area contributed by atoms with Crippen LogP contribution in [0.2, 0.25) is 0 Å². The third-order valence-corrected chi connectivity index (χ3v) is 6.45. The lowest BCUT2D eigenvalue weighted by atomic mass is 9.86. The summed E-state index contributed by atoms with van der Waals surface area (Å²) in [6.07, 6.45) is 0.940. The Morgan fingerprint density at radius 2 is 1.88 bits per heavy atom. The van der Waals surface area contributed by atoms with Gasteiger partial charge in [0.2, 0.25) is 15.9 Å². The highest BCUT2D eigenvalue weighted by Gasteiger charge is 2.32. The number of hydrogen-bond acceptors (Lipinski definition) is 4. The van der Waals surface area contributed by atoms with E-state index in [0.29, 0.717) is 38.3 Å². The zero-order chi connectivity index (χ0) is 18.8. The van der Waals surface area contributed by atoms with Gasteiger partial charge in [0.1, 0.15) is 5.75 Å². The predicted molar refractivity (Wildman–Crippen MR) is 97.0 cm³/mol. The largest absolute Gasteiger partial charge is 0.494 e. The van der Waals surface area contributed by atoms with Crippen LogP contribution < -0.4 is 10.5 Å².